The number of fused-ring (bicyclic) bond motifs is 1. The number of hydrogen-bond donors (Lipinski definition) is 0. The number of halogens is 1. The number of rotatable bonds is 2. The van der Waals surface area contributed by atoms with E-state index >= 15 is 0 Å². The Morgan fingerprint density at radius 3 is 2.26 bits per heavy atom. The molecule has 2 aromatic carbocycles. The van der Waals surface area contributed by atoms with Crippen molar-refractivity contribution in [2.45, 2.75) is 0 Å². The molecule has 1 aromatic heterocycles. The summed E-state index contributed by atoms with van der Waals surface area (Å²) in [7, 11) is 1.95. The first-order valence-corrected chi connectivity index (χ1v) is 9.30. The second-order valence-corrected chi connectivity index (χ2v) is 7.20. The highest BCUT2D eigenvalue weighted by molar-refractivity contribution is 6.30. The molecule has 2 heterocycles. The van der Waals surface area contributed by atoms with Crippen molar-refractivity contribution in [2.24, 2.45) is 7.05 Å². The average Bonchev–Trinajstić information content (AvgIpc) is 3.04. The molecule has 6 heteroatoms. The second kappa shape index (κ2) is 7.08. The molecule has 0 unspecified atom stereocenters. The third-order valence-corrected chi connectivity index (χ3v) is 5.29. The number of para-hydroxylation sites is 1. The molecule has 138 valence electrons. The Morgan fingerprint density at radius 2 is 1.56 bits per heavy atom. The van der Waals surface area contributed by atoms with Crippen molar-refractivity contribution in [1.82, 2.24) is 14.4 Å². The van der Waals surface area contributed by atoms with Gasteiger partial charge >= 0.3 is 0 Å². The van der Waals surface area contributed by atoms with E-state index in [0.29, 0.717) is 42.3 Å². The molecule has 1 saturated heterocycles. The van der Waals surface area contributed by atoms with E-state index < -0.39 is 0 Å². The van der Waals surface area contributed by atoms with Crippen LogP contribution in [-0.4, -0.2) is 52.4 Å². The Kier molecular flexibility index (Phi) is 4.62. The summed E-state index contributed by atoms with van der Waals surface area (Å²) in [5.41, 5.74) is 2.33. The Morgan fingerprint density at radius 1 is 0.889 bits per heavy atom. The van der Waals surface area contributed by atoms with Gasteiger partial charge in [0, 0.05) is 60.9 Å². The highest BCUT2D eigenvalue weighted by Crippen LogP contribution is 2.22. The molecule has 1 aliphatic heterocycles. The highest BCUT2D eigenvalue weighted by Gasteiger charge is 2.27. The Hall–Kier alpha value is -2.79. The van der Waals surface area contributed by atoms with Gasteiger partial charge in [0.05, 0.1) is 5.56 Å². The molecule has 0 bridgehead atoms. The number of hydrogen-bond acceptors (Lipinski definition) is 2. The molecular formula is C21H20ClN3O2. The normalized spacial score (nSPS) is 14.6. The largest absolute Gasteiger partial charge is 0.350 e. The maximum atomic E-state index is 13.0. The second-order valence-electron chi connectivity index (χ2n) is 6.77. The van der Waals surface area contributed by atoms with E-state index in [1.54, 1.807) is 29.2 Å². The fourth-order valence-corrected chi connectivity index (χ4v) is 3.79. The topological polar surface area (TPSA) is 45.6 Å². The summed E-state index contributed by atoms with van der Waals surface area (Å²) in [6.07, 6.45) is 1.89. The van der Waals surface area contributed by atoms with Gasteiger partial charge in [-0.05, 0) is 24.3 Å². The van der Waals surface area contributed by atoms with Gasteiger partial charge in [0.15, 0.2) is 0 Å². The van der Waals surface area contributed by atoms with Crippen molar-refractivity contribution < 1.29 is 9.59 Å². The zero-order valence-electron chi connectivity index (χ0n) is 15.1. The maximum Gasteiger partial charge on any atom is 0.256 e. The van der Waals surface area contributed by atoms with Crippen LogP contribution in [0.3, 0.4) is 0 Å². The summed E-state index contributed by atoms with van der Waals surface area (Å²) in [4.78, 5) is 29.2. The first kappa shape index (κ1) is 17.6. The van der Waals surface area contributed by atoms with Gasteiger partial charge in [-0.1, -0.05) is 35.9 Å². The molecule has 0 spiro atoms. The van der Waals surface area contributed by atoms with E-state index in [-0.39, 0.29) is 11.8 Å². The van der Waals surface area contributed by atoms with Gasteiger partial charge in [-0.3, -0.25) is 9.59 Å². The fraction of sp³-hybridized carbons (Fsp3) is 0.238. The van der Waals surface area contributed by atoms with Gasteiger partial charge in [-0.2, -0.15) is 0 Å². The van der Waals surface area contributed by atoms with Crippen molar-refractivity contribution in [2.75, 3.05) is 26.2 Å². The third kappa shape index (κ3) is 3.30. The monoisotopic (exact) mass is 381 g/mol. The predicted octanol–water partition coefficient (Wildman–Crippen LogP) is 3.43. The summed E-state index contributed by atoms with van der Waals surface area (Å²) in [5, 5.41) is 1.51. The molecule has 5 nitrogen and oxygen atoms in total. The molecule has 4 rings (SSSR count). The first-order chi connectivity index (χ1) is 13.0. The van der Waals surface area contributed by atoms with Crippen molar-refractivity contribution >= 4 is 34.3 Å². The number of carbonyl (C=O) groups is 2. The molecule has 0 atom stereocenters. The van der Waals surface area contributed by atoms with Crippen LogP contribution in [0.4, 0.5) is 0 Å². The van der Waals surface area contributed by atoms with Gasteiger partial charge in [-0.25, -0.2) is 0 Å². The lowest BCUT2D eigenvalue weighted by Gasteiger charge is -2.34. The van der Waals surface area contributed by atoms with Crippen molar-refractivity contribution in [3.05, 3.63) is 70.9 Å². The fourth-order valence-electron chi connectivity index (χ4n) is 3.60. The lowest BCUT2D eigenvalue weighted by atomic mass is 10.1. The van der Waals surface area contributed by atoms with Gasteiger partial charge in [0.2, 0.25) is 0 Å². The van der Waals surface area contributed by atoms with E-state index in [4.69, 9.17) is 11.6 Å². The highest BCUT2D eigenvalue weighted by atomic mass is 35.5. The Labute approximate surface area is 162 Å². The number of amides is 2. The average molecular weight is 382 g/mol. The molecule has 0 N–H and O–H groups in total. The van der Waals surface area contributed by atoms with Gasteiger partial charge in [0.1, 0.15) is 0 Å². The maximum absolute atomic E-state index is 13.0. The number of aromatic nitrogens is 1. The minimum Gasteiger partial charge on any atom is -0.350 e. The third-order valence-electron chi connectivity index (χ3n) is 5.05. The molecule has 0 aliphatic carbocycles. The van der Waals surface area contributed by atoms with Crippen LogP contribution < -0.4 is 0 Å². The number of carbonyl (C=O) groups excluding carboxylic acids is 2. The minimum absolute atomic E-state index is 0.0154. The molecule has 2 amide bonds. The standard InChI is InChI=1S/C21H20ClN3O2/c1-23-14-18(17-7-2-3-8-19(17)23)21(27)25-11-9-24(10-12-25)20(26)15-5-4-6-16(22)13-15/h2-8,13-14H,9-12H2,1H3. The number of piperazine rings is 1. The number of benzene rings is 2. The molecular weight excluding hydrogens is 362 g/mol. The summed E-state index contributed by atoms with van der Waals surface area (Å²) in [6, 6.07) is 14.9. The van der Waals surface area contributed by atoms with E-state index in [1.807, 2.05) is 47.0 Å². The zero-order valence-corrected chi connectivity index (χ0v) is 15.8. The lowest BCUT2D eigenvalue weighted by molar-refractivity contribution is 0.0536. The molecule has 0 radical (unpaired) electrons. The first-order valence-electron chi connectivity index (χ1n) is 8.93. The lowest BCUT2D eigenvalue weighted by Crippen LogP contribution is -2.50. The quantitative estimate of drug-likeness (QED) is 0.682. The molecule has 1 fully saturated rings. The van der Waals surface area contributed by atoms with Gasteiger partial charge in [0.25, 0.3) is 11.8 Å². The van der Waals surface area contributed by atoms with Crippen LogP contribution >= 0.6 is 11.6 Å². The van der Waals surface area contributed by atoms with Crippen molar-refractivity contribution in [1.29, 1.82) is 0 Å². The van der Waals surface area contributed by atoms with Crippen LogP contribution in [-0.2, 0) is 7.05 Å². The van der Waals surface area contributed by atoms with E-state index in [9.17, 15) is 9.59 Å². The Bertz CT molecular complexity index is 1020. The van der Waals surface area contributed by atoms with E-state index in [2.05, 4.69) is 0 Å². The van der Waals surface area contributed by atoms with Crippen LogP contribution in [0.15, 0.2) is 54.7 Å². The number of nitrogens with zero attached hydrogens (tertiary/aromatic N) is 3. The van der Waals surface area contributed by atoms with Crippen LogP contribution in [0.5, 0.6) is 0 Å². The van der Waals surface area contributed by atoms with Gasteiger partial charge < -0.3 is 14.4 Å². The van der Waals surface area contributed by atoms with E-state index in [0.717, 1.165) is 10.9 Å². The zero-order chi connectivity index (χ0) is 19.0. The molecule has 1 aliphatic rings. The van der Waals surface area contributed by atoms with Crippen LogP contribution in [0, 0.1) is 0 Å². The van der Waals surface area contributed by atoms with Crippen LogP contribution in [0.25, 0.3) is 10.9 Å². The minimum atomic E-state index is -0.0465. The molecule has 27 heavy (non-hydrogen) atoms. The molecule has 0 saturated carbocycles. The summed E-state index contributed by atoms with van der Waals surface area (Å²) in [5.74, 6) is -0.0311. The van der Waals surface area contributed by atoms with Crippen molar-refractivity contribution in [3.8, 4) is 0 Å². The molecule has 3 aromatic rings. The van der Waals surface area contributed by atoms with Crippen LogP contribution in [0.1, 0.15) is 20.7 Å². The summed E-state index contributed by atoms with van der Waals surface area (Å²) >= 11 is 5.98. The smallest absolute Gasteiger partial charge is 0.256 e. The summed E-state index contributed by atoms with van der Waals surface area (Å²) in [6.45, 7) is 2.08. The van der Waals surface area contributed by atoms with Gasteiger partial charge in [-0.15, -0.1) is 0 Å². The van der Waals surface area contributed by atoms with Crippen LogP contribution in [0.2, 0.25) is 5.02 Å². The predicted molar refractivity (Wildman–Crippen MR) is 106 cm³/mol. The number of aryl methyl sites for hydroxylation is 1. The van der Waals surface area contributed by atoms with Crippen molar-refractivity contribution in [3.63, 3.8) is 0 Å². The Balaban J connectivity index is 1.47. The van der Waals surface area contributed by atoms with E-state index in [1.165, 1.54) is 0 Å². The SMILES string of the molecule is Cn1cc(C(=O)N2CCN(C(=O)c3cccc(Cl)c3)CC2)c2ccccc21. The summed E-state index contributed by atoms with van der Waals surface area (Å²) < 4.78 is 1.97.